The summed E-state index contributed by atoms with van der Waals surface area (Å²) < 4.78 is 38.5. The number of anilines is 2. The molecule has 0 unspecified atom stereocenters. The van der Waals surface area contributed by atoms with Gasteiger partial charge < -0.3 is 16.0 Å². The Bertz CT molecular complexity index is 1380. The molecule has 5 N–H and O–H groups in total. The summed E-state index contributed by atoms with van der Waals surface area (Å²) in [4.78, 5) is 25.0. The van der Waals surface area contributed by atoms with E-state index < -0.39 is 33.3 Å². The lowest BCUT2D eigenvalue weighted by Crippen LogP contribution is -2.47. The fraction of sp³-hybridized carbons (Fsp3) is 0.130. The van der Waals surface area contributed by atoms with E-state index in [1.165, 1.54) is 30.3 Å². The van der Waals surface area contributed by atoms with E-state index in [0.717, 1.165) is 6.07 Å². The number of primary sulfonamides is 1. The number of rotatable bonds is 6. The van der Waals surface area contributed by atoms with Gasteiger partial charge in [-0.15, -0.1) is 0 Å². The lowest BCUT2D eigenvalue weighted by molar-refractivity contribution is -0.118. The number of nitrogens with two attached hydrogens (primary N) is 1. The number of benzene rings is 3. The Hall–Kier alpha value is -3.47. The van der Waals surface area contributed by atoms with Crippen LogP contribution in [0.2, 0.25) is 5.02 Å². The van der Waals surface area contributed by atoms with Crippen molar-refractivity contribution in [3.8, 4) is 11.1 Å². The third kappa shape index (κ3) is 5.19. The molecule has 8 nitrogen and oxygen atoms in total. The zero-order valence-corrected chi connectivity index (χ0v) is 19.2. The molecule has 3 aromatic carbocycles. The topological polar surface area (TPSA) is 130 Å². The van der Waals surface area contributed by atoms with E-state index in [4.69, 9.17) is 16.7 Å². The Labute approximate surface area is 200 Å². The molecule has 0 atom stereocenters. The van der Waals surface area contributed by atoms with Crippen LogP contribution in [0.1, 0.15) is 12.8 Å². The van der Waals surface area contributed by atoms with Gasteiger partial charge in [-0.1, -0.05) is 35.9 Å². The summed E-state index contributed by atoms with van der Waals surface area (Å²) in [6.45, 7) is 0. The van der Waals surface area contributed by atoms with Gasteiger partial charge in [-0.2, -0.15) is 0 Å². The second-order valence-electron chi connectivity index (χ2n) is 7.86. The molecule has 1 saturated carbocycles. The molecule has 0 saturated heterocycles. The molecule has 11 heteroatoms. The van der Waals surface area contributed by atoms with Crippen LogP contribution in [0.15, 0.2) is 71.6 Å². The van der Waals surface area contributed by atoms with Crippen LogP contribution in [0.25, 0.3) is 11.1 Å². The summed E-state index contributed by atoms with van der Waals surface area (Å²) in [5.74, 6) is -1.33. The molecular formula is C23H20ClFN4O4S. The van der Waals surface area contributed by atoms with E-state index in [2.05, 4.69) is 16.0 Å². The Morgan fingerprint density at radius 1 is 0.971 bits per heavy atom. The zero-order chi connectivity index (χ0) is 24.5. The van der Waals surface area contributed by atoms with Crippen molar-refractivity contribution < 1.29 is 22.4 Å². The van der Waals surface area contributed by atoms with Gasteiger partial charge in [-0.3, -0.25) is 4.79 Å². The minimum absolute atomic E-state index is 0.104. The molecule has 0 spiro atoms. The molecule has 0 bridgehead atoms. The van der Waals surface area contributed by atoms with Crippen LogP contribution in [0.3, 0.4) is 0 Å². The van der Waals surface area contributed by atoms with E-state index in [9.17, 15) is 22.4 Å². The molecule has 3 amide bonds. The van der Waals surface area contributed by atoms with Gasteiger partial charge in [0.15, 0.2) is 0 Å². The number of carbonyl (C=O) groups excluding carboxylic acids is 2. The number of sulfonamides is 1. The van der Waals surface area contributed by atoms with Crippen molar-refractivity contribution in [3.63, 3.8) is 0 Å². The third-order valence-corrected chi connectivity index (χ3v) is 6.58. The number of nitrogens with one attached hydrogen (secondary N) is 3. The van der Waals surface area contributed by atoms with Crippen molar-refractivity contribution in [3.05, 3.63) is 77.6 Å². The molecule has 4 rings (SSSR count). The van der Waals surface area contributed by atoms with Crippen LogP contribution in [-0.4, -0.2) is 25.9 Å². The average molecular weight is 503 g/mol. The van der Waals surface area contributed by atoms with Gasteiger partial charge in [0.2, 0.25) is 15.9 Å². The highest BCUT2D eigenvalue weighted by Gasteiger charge is 2.51. The molecule has 3 aromatic rings. The van der Waals surface area contributed by atoms with Crippen LogP contribution >= 0.6 is 11.6 Å². The minimum Gasteiger partial charge on any atom is -0.323 e. The van der Waals surface area contributed by atoms with Crippen molar-refractivity contribution in [1.82, 2.24) is 5.32 Å². The molecule has 1 aliphatic rings. The van der Waals surface area contributed by atoms with Crippen LogP contribution in [-0.2, 0) is 14.8 Å². The van der Waals surface area contributed by atoms with Gasteiger partial charge in [0.05, 0.1) is 10.6 Å². The number of hydrogen-bond donors (Lipinski definition) is 4. The molecule has 0 aromatic heterocycles. The van der Waals surface area contributed by atoms with Crippen LogP contribution in [0, 0.1) is 5.82 Å². The number of hydrogen-bond acceptors (Lipinski definition) is 4. The molecule has 1 aliphatic carbocycles. The molecule has 0 radical (unpaired) electrons. The lowest BCUT2D eigenvalue weighted by atomic mass is 10.0. The van der Waals surface area contributed by atoms with Crippen molar-refractivity contribution in [2.75, 3.05) is 10.6 Å². The quantitative estimate of drug-likeness (QED) is 0.404. The molecule has 0 aliphatic heterocycles. The largest absolute Gasteiger partial charge is 0.323 e. The predicted octanol–water partition coefficient (Wildman–Crippen LogP) is 4.09. The maximum atomic E-state index is 14.8. The summed E-state index contributed by atoms with van der Waals surface area (Å²) in [6.07, 6.45) is 0.794. The third-order valence-electron chi connectivity index (χ3n) is 5.36. The Kier molecular flexibility index (Phi) is 6.30. The summed E-state index contributed by atoms with van der Waals surface area (Å²) in [5, 5.41) is 13.5. The van der Waals surface area contributed by atoms with Crippen molar-refractivity contribution in [2.24, 2.45) is 5.14 Å². The SMILES string of the molecule is NS(=O)(=O)c1ccccc1-c1ccc(NC(=O)C2(NC(=O)Nc3ccc(Cl)cc3)CC2)c(F)c1. The van der Waals surface area contributed by atoms with Gasteiger partial charge in [0.1, 0.15) is 11.4 Å². The lowest BCUT2D eigenvalue weighted by Gasteiger charge is -2.18. The van der Waals surface area contributed by atoms with Crippen molar-refractivity contribution >= 4 is 44.9 Å². The minimum atomic E-state index is -4.02. The monoisotopic (exact) mass is 502 g/mol. The number of halogens is 2. The Morgan fingerprint density at radius 3 is 2.26 bits per heavy atom. The van der Waals surface area contributed by atoms with E-state index in [1.807, 2.05) is 0 Å². The molecular weight excluding hydrogens is 483 g/mol. The second-order valence-corrected chi connectivity index (χ2v) is 9.82. The Balaban J connectivity index is 1.46. The molecule has 34 heavy (non-hydrogen) atoms. The standard InChI is InChI=1S/C23H20ClFN4O4S/c24-15-6-8-16(9-7-15)27-22(31)29-23(11-12-23)21(30)28-19-10-5-14(13-18(19)25)17-3-1-2-4-20(17)34(26,32)33/h1-10,13H,11-12H2,(H,28,30)(H2,26,32,33)(H2,27,29,31). The van der Waals surface area contributed by atoms with Gasteiger partial charge in [-0.05, 0) is 60.9 Å². The van der Waals surface area contributed by atoms with Gasteiger partial charge in [-0.25, -0.2) is 22.7 Å². The highest BCUT2D eigenvalue weighted by molar-refractivity contribution is 7.89. The van der Waals surface area contributed by atoms with E-state index in [-0.39, 0.29) is 21.7 Å². The van der Waals surface area contributed by atoms with E-state index in [0.29, 0.717) is 23.6 Å². The first-order chi connectivity index (χ1) is 16.1. The number of carbonyl (C=O) groups is 2. The fourth-order valence-corrected chi connectivity index (χ4v) is 4.31. The van der Waals surface area contributed by atoms with E-state index >= 15 is 0 Å². The normalized spacial score (nSPS) is 14.2. The summed E-state index contributed by atoms with van der Waals surface area (Å²) in [6, 6.07) is 15.8. The smallest absolute Gasteiger partial charge is 0.320 e. The highest BCUT2D eigenvalue weighted by Crippen LogP contribution is 2.37. The predicted molar refractivity (Wildman–Crippen MR) is 127 cm³/mol. The summed E-state index contributed by atoms with van der Waals surface area (Å²) >= 11 is 5.82. The van der Waals surface area contributed by atoms with Crippen molar-refractivity contribution in [1.29, 1.82) is 0 Å². The van der Waals surface area contributed by atoms with Gasteiger partial charge in [0.25, 0.3) is 0 Å². The average Bonchev–Trinajstić information content (AvgIpc) is 3.56. The maximum Gasteiger partial charge on any atom is 0.320 e. The fourth-order valence-electron chi connectivity index (χ4n) is 3.43. The highest BCUT2D eigenvalue weighted by atomic mass is 35.5. The first-order valence-corrected chi connectivity index (χ1v) is 12.1. The molecule has 0 heterocycles. The number of urea groups is 1. The van der Waals surface area contributed by atoms with Crippen LogP contribution in [0.5, 0.6) is 0 Å². The summed E-state index contributed by atoms with van der Waals surface area (Å²) in [7, 11) is -4.02. The zero-order valence-electron chi connectivity index (χ0n) is 17.6. The first kappa shape index (κ1) is 23.7. The van der Waals surface area contributed by atoms with Crippen molar-refractivity contribution in [2.45, 2.75) is 23.3 Å². The summed E-state index contributed by atoms with van der Waals surface area (Å²) in [5.41, 5.74) is -0.239. The van der Waals surface area contributed by atoms with Gasteiger partial charge in [0, 0.05) is 16.3 Å². The van der Waals surface area contributed by atoms with Gasteiger partial charge >= 0.3 is 6.03 Å². The molecule has 176 valence electrons. The number of amides is 3. The van der Waals surface area contributed by atoms with E-state index in [1.54, 1.807) is 30.3 Å². The first-order valence-electron chi connectivity index (χ1n) is 10.2. The second kappa shape index (κ2) is 9.05. The Morgan fingerprint density at radius 2 is 1.65 bits per heavy atom. The maximum absolute atomic E-state index is 14.8. The molecule has 1 fully saturated rings. The van der Waals surface area contributed by atoms with Crippen LogP contribution < -0.4 is 21.1 Å². The van der Waals surface area contributed by atoms with Crippen LogP contribution in [0.4, 0.5) is 20.6 Å².